The summed E-state index contributed by atoms with van der Waals surface area (Å²) in [5.41, 5.74) is 1.28. The first kappa shape index (κ1) is 15.4. The largest absolute Gasteiger partial charge is 0.381 e. The Balaban J connectivity index is 1.77. The Morgan fingerprint density at radius 2 is 2.14 bits per heavy atom. The summed E-state index contributed by atoms with van der Waals surface area (Å²) in [4.78, 5) is 12.0. The molecule has 2 aromatic heterocycles. The second-order valence-electron chi connectivity index (χ2n) is 4.97. The number of amides is 1. The predicted octanol–water partition coefficient (Wildman–Crippen LogP) is 1.97. The van der Waals surface area contributed by atoms with Gasteiger partial charge in [-0.15, -0.1) is 10.2 Å². The number of aromatic nitrogens is 3. The van der Waals surface area contributed by atoms with E-state index in [0.717, 1.165) is 31.7 Å². The van der Waals surface area contributed by atoms with Gasteiger partial charge in [0.2, 0.25) is 0 Å². The number of hydrogen-bond acceptors (Lipinski definition) is 4. The molecule has 0 aliphatic carbocycles. The molecule has 0 aliphatic rings. The molecule has 0 spiro atoms. The summed E-state index contributed by atoms with van der Waals surface area (Å²) in [6.45, 7) is 6.10. The van der Waals surface area contributed by atoms with Crippen molar-refractivity contribution >= 4 is 11.6 Å². The average Bonchev–Trinajstić information content (AvgIpc) is 2.87. The van der Waals surface area contributed by atoms with Crippen molar-refractivity contribution in [2.75, 3.05) is 19.8 Å². The minimum Gasteiger partial charge on any atom is -0.381 e. The van der Waals surface area contributed by atoms with E-state index in [1.165, 1.54) is 0 Å². The molecule has 2 aromatic rings. The Labute approximate surface area is 124 Å². The first-order chi connectivity index (χ1) is 10.2. The van der Waals surface area contributed by atoms with E-state index < -0.39 is 0 Å². The van der Waals surface area contributed by atoms with E-state index in [9.17, 15) is 4.79 Å². The molecule has 6 nitrogen and oxygen atoms in total. The maximum Gasteiger partial charge on any atom is 0.251 e. The van der Waals surface area contributed by atoms with Crippen molar-refractivity contribution in [1.82, 2.24) is 19.9 Å². The summed E-state index contributed by atoms with van der Waals surface area (Å²) >= 11 is 0. The fourth-order valence-corrected chi connectivity index (χ4v) is 1.98. The van der Waals surface area contributed by atoms with E-state index >= 15 is 0 Å². The molecule has 21 heavy (non-hydrogen) atoms. The van der Waals surface area contributed by atoms with Crippen LogP contribution in [0.5, 0.6) is 0 Å². The van der Waals surface area contributed by atoms with Crippen LogP contribution in [0.3, 0.4) is 0 Å². The Hall–Kier alpha value is -1.95. The molecular weight excluding hydrogens is 268 g/mol. The number of hydrogen-bond donors (Lipinski definition) is 1. The quantitative estimate of drug-likeness (QED) is 0.755. The second kappa shape index (κ2) is 7.73. The van der Waals surface area contributed by atoms with Gasteiger partial charge in [0.25, 0.3) is 5.91 Å². The number of fused-ring (bicyclic) bond motifs is 1. The smallest absolute Gasteiger partial charge is 0.251 e. The molecule has 2 rings (SSSR count). The Kier molecular flexibility index (Phi) is 5.68. The van der Waals surface area contributed by atoms with Gasteiger partial charge < -0.3 is 10.1 Å². The zero-order valence-corrected chi connectivity index (χ0v) is 12.6. The molecule has 114 valence electrons. The number of nitrogens with zero attached hydrogens (tertiary/aromatic N) is 3. The molecule has 0 saturated heterocycles. The minimum absolute atomic E-state index is 0.0910. The molecular formula is C15H22N4O2. The second-order valence-corrected chi connectivity index (χ2v) is 4.97. The van der Waals surface area contributed by atoms with E-state index in [0.29, 0.717) is 24.4 Å². The Morgan fingerprint density at radius 3 is 2.95 bits per heavy atom. The third-order valence-corrected chi connectivity index (χ3v) is 3.24. The topological polar surface area (TPSA) is 68.5 Å². The minimum atomic E-state index is -0.0910. The maximum absolute atomic E-state index is 12.0. The van der Waals surface area contributed by atoms with Crippen LogP contribution in [0, 0.1) is 6.92 Å². The summed E-state index contributed by atoms with van der Waals surface area (Å²) in [5.74, 6) is 0.716. The molecule has 0 aliphatic heterocycles. The number of unbranched alkanes of at least 4 members (excludes halogenated alkanes) is 1. The Morgan fingerprint density at radius 1 is 1.33 bits per heavy atom. The van der Waals surface area contributed by atoms with Gasteiger partial charge in [0, 0.05) is 31.5 Å². The maximum atomic E-state index is 12.0. The summed E-state index contributed by atoms with van der Waals surface area (Å²) in [7, 11) is 0. The van der Waals surface area contributed by atoms with Gasteiger partial charge in [-0.3, -0.25) is 9.20 Å². The highest BCUT2D eigenvalue weighted by Crippen LogP contribution is 2.06. The van der Waals surface area contributed by atoms with Crippen molar-refractivity contribution in [3.63, 3.8) is 0 Å². The average molecular weight is 290 g/mol. The van der Waals surface area contributed by atoms with Crippen molar-refractivity contribution in [2.45, 2.75) is 33.1 Å². The number of nitrogens with one attached hydrogen (secondary N) is 1. The SMILES string of the molecule is CCCCOCCCNC(=O)c1ccn2c(C)nnc2c1. The van der Waals surface area contributed by atoms with Crippen LogP contribution in [0.15, 0.2) is 18.3 Å². The van der Waals surface area contributed by atoms with Gasteiger partial charge in [-0.25, -0.2) is 0 Å². The first-order valence-electron chi connectivity index (χ1n) is 7.39. The van der Waals surface area contributed by atoms with E-state index in [4.69, 9.17) is 4.74 Å². The third-order valence-electron chi connectivity index (χ3n) is 3.24. The lowest BCUT2D eigenvalue weighted by Gasteiger charge is -2.06. The summed E-state index contributed by atoms with van der Waals surface area (Å²) in [5, 5.41) is 10.9. The highest BCUT2D eigenvalue weighted by Gasteiger charge is 2.08. The normalized spacial score (nSPS) is 11.0. The number of aryl methyl sites for hydroxylation is 1. The molecule has 1 N–H and O–H groups in total. The monoisotopic (exact) mass is 290 g/mol. The van der Waals surface area contributed by atoms with Crippen LogP contribution < -0.4 is 5.32 Å². The van der Waals surface area contributed by atoms with Crippen molar-refractivity contribution in [1.29, 1.82) is 0 Å². The van der Waals surface area contributed by atoms with Crippen LogP contribution in [-0.4, -0.2) is 40.3 Å². The molecule has 0 unspecified atom stereocenters. The van der Waals surface area contributed by atoms with Crippen LogP contribution in [0.25, 0.3) is 5.65 Å². The lowest BCUT2D eigenvalue weighted by molar-refractivity contribution is 0.0940. The van der Waals surface area contributed by atoms with E-state index in [1.54, 1.807) is 12.1 Å². The highest BCUT2D eigenvalue weighted by molar-refractivity contribution is 5.94. The van der Waals surface area contributed by atoms with Crippen LogP contribution >= 0.6 is 0 Å². The molecule has 1 amide bonds. The lowest BCUT2D eigenvalue weighted by atomic mass is 10.2. The van der Waals surface area contributed by atoms with E-state index in [-0.39, 0.29) is 5.91 Å². The predicted molar refractivity (Wildman–Crippen MR) is 80.4 cm³/mol. The van der Waals surface area contributed by atoms with Crippen LogP contribution in [0.1, 0.15) is 42.4 Å². The third kappa shape index (κ3) is 4.26. The molecule has 6 heteroatoms. The molecule has 0 saturated carbocycles. The van der Waals surface area contributed by atoms with E-state index in [1.807, 2.05) is 17.5 Å². The number of carbonyl (C=O) groups excluding carboxylic acids is 1. The van der Waals surface area contributed by atoms with Crippen LogP contribution in [0.2, 0.25) is 0 Å². The summed E-state index contributed by atoms with van der Waals surface area (Å²) in [6, 6.07) is 3.52. The van der Waals surface area contributed by atoms with Gasteiger partial charge in [0.1, 0.15) is 5.82 Å². The number of rotatable bonds is 8. The van der Waals surface area contributed by atoms with Crippen LogP contribution in [0.4, 0.5) is 0 Å². The zero-order valence-electron chi connectivity index (χ0n) is 12.6. The zero-order chi connectivity index (χ0) is 15.1. The van der Waals surface area contributed by atoms with Crippen molar-refractivity contribution in [3.05, 3.63) is 29.7 Å². The standard InChI is InChI=1S/C15H22N4O2/c1-3-4-9-21-10-5-7-16-15(20)13-6-8-19-12(2)17-18-14(19)11-13/h6,8,11H,3-5,7,9-10H2,1-2H3,(H,16,20). The van der Waals surface area contributed by atoms with Crippen LogP contribution in [-0.2, 0) is 4.74 Å². The molecule has 2 heterocycles. The lowest BCUT2D eigenvalue weighted by Crippen LogP contribution is -2.25. The molecule has 0 bridgehead atoms. The summed E-state index contributed by atoms with van der Waals surface area (Å²) < 4.78 is 7.29. The molecule has 0 aromatic carbocycles. The first-order valence-corrected chi connectivity index (χ1v) is 7.39. The molecule has 0 fully saturated rings. The van der Waals surface area contributed by atoms with Gasteiger partial charge in [0.05, 0.1) is 0 Å². The molecule has 0 radical (unpaired) electrons. The van der Waals surface area contributed by atoms with Crippen molar-refractivity contribution in [2.24, 2.45) is 0 Å². The summed E-state index contributed by atoms with van der Waals surface area (Å²) in [6.07, 6.45) is 4.86. The van der Waals surface area contributed by atoms with Gasteiger partial charge in [-0.1, -0.05) is 13.3 Å². The van der Waals surface area contributed by atoms with Gasteiger partial charge in [-0.2, -0.15) is 0 Å². The highest BCUT2D eigenvalue weighted by atomic mass is 16.5. The Bertz CT molecular complexity index is 594. The number of pyridine rings is 1. The van der Waals surface area contributed by atoms with Crippen molar-refractivity contribution in [3.8, 4) is 0 Å². The van der Waals surface area contributed by atoms with Gasteiger partial charge in [-0.05, 0) is 31.9 Å². The fraction of sp³-hybridized carbons (Fsp3) is 0.533. The number of ether oxygens (including phenoxy) is 1. The number of carbonyl (C=O) groups is 1. The molecule has 0 atom stereocenters. The fourth-order valence-electron chi connectivity index (χ4n) is 1.98. The van der Waals surface area contributed by atoms with Crippen molar-refractivity contribution < 1.29 is 9.53 Å². The van der Waals surface area contributed by atoms with E-state index in [2.05, 4.69) is 22.4 Å². The van der Waals surface area contributed by atoms with Gasteiger partial charge in [0.15, 0.2) is 5.65 Å². The van der Waals surface area contributed by atoms with Gasteiger partial charge >= 0.3 is 0 Å².